The third kappa shape index (κ3) is 4.39. The first kappa shape index (κ1) is 20.0. The summed E-state index contributed by atoms with van der Waals surface area (Å²) in [5.74, 6) is 0.232. The Hall–Kier alpha value is -2.74. The summed E-state index contributed by atoms with van der Waals surface area (Å²) in [4.78, 5) is 28.8. The molecular formula is C20H24N4O3S. The van der Waals surface area contributed by atoms with Gasteiger partial charge in [0.2, 0.25) is 10.7 Å². The number of nitrogens with zero attached hydrogens (tertiary/aromatic N) is 3. The van der Waals surface area contributed by atoms with Gasteiger partial charge in [-0.2, -0.15) is 14.6 Å². The van der Waals surface area contributed by atoms with Crippen LogP contribution in [0, 0.1) is 0 Å². The highest BCUT2D eigenvalue weighted by Gasteiger charge is 2.16. The molecule has 0 fully saturated rings. The van der Waals surface area contributed by atoms with E-state index in [1.165, 1.54) is 54.7 Å². The first-order chi connectivity index (χ1) is 13.5. The van der Waals surface area contributed by atoms with E-state index in [1.54, 1.807) is 18.2 Å². The van der Waals surface area contributed by atoms with Crippen molar-refractivity contribution in [2.75, 3.05) is 12.8 Å². The van der Waals surface area contributed by atoms with Gasteiger partial charge in [-0.15, -0.1) is 0 Å². The van der Waals surface area contributed by atoms with Gasteiger partial charge < -0.3 is 10.5 Å². The smallest absolute Gasteiger partial charge is 0.283 e. The average molecular weight is 401 g/mol. The summed E-state index contributed by atoms with van der Waals surface area (Å²) in [5.41, 5.74) is 6.68. The topological polar surface area (TPSA) is 99.6 Å². The van der Waals surface area contributed by atoms with Gasteiger partial charge in [0.1, 0.15) is 10.8 Å². The number of nitrogens with two attached hydrogens (primary N) is 1. The number of aryl methyl sites for hydroxylation is 1. The Morgan fingerprint density at radius 3 is 2.75 bits per heavy atom. The zero-order valence-electron chi connectivity index (χ0n) is 16.1. The van der Waals surface area contributed by atoms with Crippen LogP contribution in [0.3, 0.4) is 0 Å². The maximum absolute atomic E-state index is 12.5. The molecule has 2 N–H and O–H groups in total. The molecule has 0 unspecified atom stereocenters. The van der Waals surface area contributed by atoms with Crippen LogP contribution in [-0.4, -0.2) is 27.5 Å². The van der Waals surface area contributed by atoms with Crippen LogP contribution in [0.2, 0.25) is 0 Å². The van der Waals surface area contributed by atoms with Crippen molar-refractivity contribution in [1.29, 1.82) is 0 Å². The zero-order chi connectivity index (χ0) is 20.1. The number of allylic oxidation sites excluding steroid dienone is 4. The predicted molar refractivity (Wildman–Crippen MR) is 111 cm³/mol. The molecule has 0 bridgehead atoms. The minimum absolute atomic E-state index is 0.209. The van der Waals surface area contributed by atoms with Crippen molar-refractivity contribution in [3.05, 3.63) is 50.5 Å². The van der Waals surface area contributed by atoms with Gasteiger partial charge in [0, 0.05) is 6.42 Å². The monoisotopic (exact) mass is 400 g/mol. The van der Waals surface area contributed by atoms with Crippen molar-refractivity contribution in [2.45, 2.75) is 45.4 Å². The maximum atomic E-state index is 12.5. The minimum atomic E-state index is -0.416. The number of hydrogen-bond acceptors (Lipinski definition) is 7. The number of hydrogen-bond donors (Lipinski definition) is 1. The molecular weight excluding hydrogens is 376 g/mol. The lowest BCUT2D eigenvalue weighted by Crippen LogP contribution is -2.17. The molecule has 0 aromatic carbocycles. The van der Waals surface area contributed by atoms with Gasteiger partial charge in [-0.25, -0.2) is 0 Å². The molecule has 2 heterocycles. The standard InChI is InChI=1S/C20H24N4O3S/c1-3-4-5-6-7-8-17-23-24-18(21)14(19(26)22-20(24)28-17)11-13-9-10-15(25)16(12-13)27-2/h9-12H,3-8,21H2,1-2H3/b13-11+. The van der Waals surface area contributed by atoms with Gasteiger partial charge in [0.05, 0.1) is 12.7 Å². The number of fused-ring (bicyclic) bond motifs is 1. The molecule has 8 heteroatoms. The van der Waals surface area contributed by atoms with Crippen molar-refractivity contribution in [3.63, 3.8) is 0 Å². The van der Waals surface area contributed by atoms with E-state index < -0.39 is 5.56 Å². The number of carbonyl (C=O) groups is 1. The molecule has 0 radical (unpaired) electrons. The van der Waals surface area contributed by atoms with Gasteiger partial charge in [0.15, 0.2) is 5.76 Å². The molecule has 0 aliphatic heterocycles. The normalized spacial score (nSPS) is 15.4. The van der Waals surface area contributed by atoms with E-state index in [0.717, 1.165) is 17.8 Å². The van der Waals surface area contributed by atoms with E-state index >= 15 is 0 Å². The van der Waals surface area contributed by atoms with Crippen molar-refractivity contribution in [2.24, 2.45) is 0 Å². The third-order valence-corrected chi connectivity index (χ3v) is 5.49. The average Bonchev–Trinajstić information content (AvgIpc) is 3.09. The summed E-state index contributed by atoms with van der Waals surface area (Å²) in [6, 6.07) is 0. The number of rotatable bonds is 8. The second kappa shape index (κ2) is 8.97. The number of ketones is 1. The van der Waals surface area contributed by atoms with Crippen LogP contribution in [0.25, 0.3) is 11.0 Å². The van der Waals surface area contributed by atoms with Gasteiger partial charge in [0.25, 0.3) is 5.56 Å². The van der Waals surface area contributed by atoms with Crippen LogP contribution in [0.1, 0.15) is 49.6 Å². The lowest BCUT2D eigenvalue weighted by atomic mass is 10.0. The third-order valence-electron chi connectivity index (χ3n) is 4.53. The minimum Gasteiger partial charge on any atom is -0.493 e. The Labute approximate surface area is 167 Å². The number of anilines is 1. The number of methoxy groups -OCH3 is 1. The molecule has 3 rings (SSSR count). The van der Waals surface area contributed by atoms with E-state index in [2.05, 4.69) is 17.0 Å². The molecule has 0 saturated carbocycles. The van der Waals surface area contributed by atoms with Crippen molar-refractivity contribution in [3.8, 4) is 0 Å². The molecule has 1 aliphatic carbocycles. The second-order valence-electron chi connectivity index (χ2n) is 6.62. The van der Waals surface area contributed by atoms with Crippen LogP contribution >= 0.6 is 11.3 Å². The van der Waals surface area contributed by atoms with E-state index in [9.17, 15) is 9.59 Å². The molecule has 0 saturated heterocycles. The molecule has 0 amide bonds. The van der Waals surface area contributed by atoms with E-state index in [0.29, 0.717) is 10.5 Å². The number of nitrogen functional groups attached to an aromatic ring is 1. The fourth-order valence-corrected chi connectivity index (χ4v) is 3.91. The highest BCUT2D eigenvalue weighted by atomic mass is 32.1. The number of aromatic nitrogens is 3. The molecule has 28 heavy (non-hydrogen) atoms. The van der Waals surface area contributed by atoms with E-state index in [4.69, 9.17) is 10.5 Å². The van der Waals surface area contributed by atoms with Gasteiger partial charge in [-0.3, -0.25) is 9.59 Å². The summed E-state index contributed by atoms with van der Waals surface area (Å²) >= 11 is 1.40. The van der Waals surface area contributed by atoms with Crippen LogP contribution in [0.4, 0.5) is 5.82 Å². The first-order valence-electron chi connectivity index (χ1n) is 9.41. The summed E-state index contributed by atoms with van der Waals surface area (Å²) in [6.07, 6.45) is 12.9. The Bertz CT molecular complexity index is 1030. The maximum Gasteiger partial charge on any atom is 0.283 e. The van der Waals surface area contributed by atoms with Gasteiger partial charge in [-0.05, 0) is 30.2 Å². The van der Waals surface area contributed by atoms with Gasteiger partial charge in [-0.1, -0.05) is 50.0 Å². The van der Waals surface area contributed by atoms with E-state index in [1.807, 2.05) is 0 Å². The zero-order valence-corrected chi connectivity index (χ0v) is 16.9. The quantitative estimate of drug-likeness (QED) is 0.683. The Balaban J connectivity index is 1.87. The molecule has 2 aromatic rings. The second-order valence-corrected chi connectivity index (χ2v) is 7.67. The van der Waals surface area contributed by atoms with E-state index in [-0.39, 0.29) is 22.9 Å². The summed E-state index contributed by atoms with van der Waals surface area (Å²) in [5, 5.41) is 5.46. The SMILES string of the molecule is CCCCCCCc1nn2c(N)c(/C=C3\C=CC(=O)C(OC)=C3)c(=O)nc2s1. The Kier molecular flexibility index (Phi) is 6.41. The molecule has 148 valence electrons. The fraction of sp³-hybridized carbons (Fsp3) is 0.400. The highest BCUT2D eigenvalue weighted by Crippen LogP contribution is 2.22. The number of unbranched alkanes of at least 4 members (excludes halogenated alkanes) is 4. The molecule has 2 aromatic heterocycles. The first-order valence-corrected chi connectivity index (χ1v) is 10.2. The Morgan fingerprint density at radius 2 is 2.00 bits per heavy atom. The number of carbonyl (C=O) groups excluding carboxylic acids is 1. The molecule has 7 nitrogen and oxygen atoms in total. The lowest BCUT2D eigenvalue weighted by Gasteiger charge is -2.08. The summed E-state index contributed by atoms with van der Waals surface area (Å²) in [6.45, 7) is 2.19. The highest BCUT2D eigenvalue weighted by molar-refractivity contribution is 7.16. The van der Waals surface area contributed by atoms with Crippen LogP contribution in [0.5, 0.6) is 0 Å². The molecule has 0 spiro atoms. The number of ether oxygens (including phenoxy) is 1. The predicted octanol–water partition coefficient (Wildman–Crippen LogP) is 3.30. The molecule has 1 aliphatic rings. The Morgan fingerprint density at radius 1 is 1.21 bits per heavy atom. The van der Waals surface area contributed by atoms with Gasteiger partial charge >= 0.3 is 0 Å². The molecule has 0 atom stereocenters. The van der Waals surface area contributed by atoms with Crippen molar-refractivity contribution < 1.29 is 9.53 Å². The van der Waals surface area contributed by atoms with Crippen LogP contribution < -0.4 is 11.3 Å². The largest absolute Gasteiger partial charge is 0.493 e. The van der Waals surface area contributed by atoms with Crippen LogP contribution in [0.15, 0.2) is 34.4 Å². The van der Waals surface area contributed by atoms with Crippen molar-refractivity contribution >= 4 is 34.0 Å². The summed E-state index contributed by atoms with van der Waals surface area (Å²) in [7, 11) is 1.43. The van der Waals surface area contributed by atoms with Crippen LogP contribution in [-0.2, 0) is 16.0 Å². The summed E-state index contributed by atoms with van der Waals surface area (Å²) < 4.78 is 6.57. The fourth-order valence-electron chi connectivity index (χ4n) is 2.98. The lowest BCUT2D eigenvalue weighted by molar-refractivity contribution is -0.114. The van der Waals surface area contributed by atoms with Crippen molar-refractivity contribution in [1.82, 2.24) is 14.6 Å².